The Morgan fingerprint density at radius 3 is 1.69 bits per heavy atom. The Morgan fingerprint density at radius 2 is 1.19 bits per heavy atom. The Kier molecular flexibility index (Phi) is 7.68. The number of aromatic hydroxyl groups is 1. The molecule has 3 aromatic rings. The fraction of sp³-hybridized carbons (Fsp3) is 0.459. The predicted octanol–water partition coefficient (Wildman–Crippen LogP) is 8.85. The quantitative estimate of drug-likeness (QED) is 0.252. The number of carbonyl (C=O) groups is 2. The van der Waals surface area contributed by atoms with E-state index >= 15 is 0 Å². The Bertz CT molecular complexity index is 1510. The van der Waals surface area contributed by atoms with Crippen LogP contribution < -0.4 is 9.47 Å². The summed E-state index contributed by atoms with van der Waals surface area (Å²) >= 11 is 0. The van der Waals surface area contributed by atoms with Crippen LogP contribution in [0.4, 0.5) is 0 Å². The molecule has 1 aliphatic heterocycles. The largest absolute Gasteiger partial charge is 0.507 e. The number of carbonyl (C=O) groups excluding carboxylic acids is 2. The Hall–Kier alpha value is -3.60. The lowest BCUT2D eigenvalue weighted by Gasteiger charge is -2.28. The molecule has 0 aliphatic carbocycles. The second-order valence-electron chi connectivity index (χ2n) is 15.7. The molecule has 0 radical (unpaired) electrons. The van der Waals surface area contributed by atoms with Gasteiger partial charge in [0.05, 0.1) is 5.56 Å². The average molecular weight is 571 g/mol. The highest BCUT2D eigenvalue weighted by Crippen LogP contribution is 2.45. The van der Waals surface area contributed by atoms with E-state index in [2.05, 4.69) is 41.5 Å². The standard InChI is InChI=1S/C37H46O5/c1-34(2,3)22-14-16-28-25(19-22)30(33(40)41-28)24-15-13-23(35(4,5)6)20-29(24)42-32(39)21-17-26(36(7,8)9)31(38)27(18-21)37(10,11)12/h13-20,30,38H,1-12H3. The summed E-state index contributed by atoms with van der Waals surface area (Å²) in [6, 6.07) is 15.0. The van der Waals surface area contributed by atoms with E-state index < -0.39 is 28.7 Å². The maximum absolute atomic E-state index is 13.9. The second kappa shape index (κ2) is 10.3. The molecule has 0 aromatic heterocycles. The van der Waals surface area contributed by atoms with Crippen LogP contribution in [0.3, 0.4) is 0 Å². The third-order valence-electron chi connectivity index (χ3n) is 7.99. The lowest BCUT2D eigenvalue weighted by Crippen LogP contribution is -2.21. The van der Waals surface area contributed by atoms with Crippen molar-refractivity contribution in [1.82, 2.24) is 0 Å². The molecule has 1 atom stereocenters. The van der Waals surface area contributed by atoms with Gasteiger partial charge in [-0.15, -0.1) is 0 Å². The van der Waals surface area contributed by atoms with E-state index in [1.54, 1.807) is 12.1 Å². The molecule has 0 saturated heterocycles. The summed E-state index contributed by atoms with van der Waals surface area (Å²) in [6.07, 6.45) is 0. The minimum atomic E-state index is -0.728. The number of benzene rings is 3. The summed E-state index contributed by atoms with van der Waals surface area (Å²) in [7, 11) is 0. The first-order valence-corrected chi connectivity index (χ1v) is 14.7. The number of fused-ring (bicyclic) bond motifs is 1. The first-order chi connectivity index (χ1) is 19.1. The molecule has 1 N–H and O–H groups in total. The zero-order valence-corrected chi connectivity index (χ0v) is 27.3. The fourth-order valence-corrected chi connectivity index (χ4v) is 5.30. The number of phenolic OH excluding ortho intramolecular Hbond substituents is 1. The van der Waals surface area contributed by atoms with E-state index in [-0.39, 0.29) is 16.6 Å². The lowest BCUT2D eigenvalue weighted by atomic mass is 9.78. The van der Waals surface area contributed by atoms with Crippen molar-refractivity contribution in [2.45, 2.75) is 111 Å². The molecule has 42 heavy (non-hydrogen) atoms. The summed E-state index contributed by atoms with van der Waals surface area (Å²) in [4.78, 5) is 27.2. The first-order valence-electron chi connectivity index (χ1n) is 14.7. The van der Waals surface area contributed by atoms with Crippen LogP contribution in [0.15, 0.2) is 48.5 Å². The maximum atomic E-state index is 13.9. The SMILES string of the molecule is CC(C)(C)c1ccc(C2C(=O)Oc3ccc(C(C)(C)C)cc32)c(OC(=O)c2cc(C(C)(C)C)c(O)c(C(C)(C)C)c2)c1. The highest BCUT2D eigenvalue weighted by Gasteiger charge is 2.38. The number of phenols is 1. The van der Waals surface area contributed by atoms with Crippen LogP contribution in [0.1, 0.15) is 133 Å². The summed E-state index contributed by atoms with van der Waals surface area (Å²) in [5.41, 5.74) is 3.96. The van der Waals surface area contributed by atoms with Crippen LogP contribution >= 0.6 is 0 Å². The molecule has 4 rings (SSSR count). The molecule has 0 spiro atoms. The fourth-order valence-electron chi connectivity index (χ4n) is 5.30. The van der Waals surface area contributed by atoms with Crippen molar-refractivity contribution >= 4 is 11.9 Å². The minimum absolute atomic E-state index is 0.120. The van der Waals surface area contributed by atoms with Gasteiger partial charge in [0.25, 0.3) is 0 Å². The summed E-state index contributed by atoms with van der Waals surface area (Å²) in [6.45, 7) is 24.7. The van der Waals surface area contributed by atoms with Crippen molar-refractivity contribution in [2.75, 3.05) is 0 Å². The second-order valence-corrected chi connectivity index (χ2v) is 15.7. The highest BCUT2D eigenvalue weighted by molar-refractivity contribution is 5.94. The lowest BCUT2D eigenvalue weighted by molar-refractivity contribution is -0.133. The molecule has 1 unspecified atom stereocenters. The van der Waals surface area contributed by atoms with E-state index in [9.17, 15) is 14.7 Å². The molecular formula is C37H46O5. The van der Waals surface area contributed by atoms with Gasteiger partial charge in [-0.1, -0.05) is 107 Å². The van der Waals surface area contributed by atoms with Gasteiger partial charge < -0.3 is 14.6 Å². The molecular weight excluding hydrogens is 524 g/mol. The van der Waals surface area contributed by atoms with E-state index in [0.29, 0.717) is 33.8 Å². The molecule has 0 saturated carbocycles. The van der Waals surface area contributed by atoms with Crippen molar-refractivity contribution in [3.05, 3.63) is 87.5 Å². The van der Waals surface area contributed by atoms with Gasteiger partial charge in [0, 0.05) is 22.3 Å². The Balaban J connectivity index is 1.87. The van der Waals surface area contributed by atoms with Gasteiger partial charge in [-0.25, -0.2) is 4.79 Å². The normalized spacial score (nSPS) is 15.8. The molecule has 5 heteroatoms. The number of hydrogen-bond donors (Lipinski definition) is 1. The van der Waals surface area contributed by atoms with Gasteiger partial charge in [-0.05, 0) is 57.1 Å². The molecule has 224 valence electrons. The predicted molar refractivity (Wildman–Crippen MR) is 168 cm³/mol. The van der Waals surface area contributed by atoms with E-state index in [4.69, 9.17) is 9.47 Å². The van der Waals surface area contributed by atoms with Gasteiger partial charge in [0.1, 0.15) is 23.2 Å². The molecule has 3 aromatic carbocycles. The third kappa shape index (κ3) is 6.11. The van der Waals surface area contributed by atoms with Crippen molar-refractivity contribution in [2.24, 2.45) is 0 Å². The van der Waals surface area contributed by atoms with Crippen LogP contribution in [0.5, 0.6) is 17.2 Å². The van der Waals surface area contributed by atoms with Gasteiger partial charge in [-0.2, -0.15) is 0 Å². The molecule has 0 fully saturated rings. The maximum Gasteiger partial charge on any atom is 0.343 e. The van der Waals surface area contributed by atoms with Crippen LogP contribution in [0, 0.1) is 0 Å². The van der Waals surface area contributed by atoms with Crippen LogP contribution in [0.2, 0.25) is 0 Å². The first kappa shape index (κ1) is 31.3. The Morgan fingerprint density at radius 1 is 0.690 bits per heavy atom. The zero-order valence-electron chi connectivity index (χ0n) is 27.3. The van der Waals surface area contributed by atoms with Crippen molar-refractivity contribution in [1.29, 1.82) is 0 Å². The minimum Gasteiger partial charge on any atom is -0.507 e. The Labute approximate surface area is 251 Å². The number of rotatable bonds is 3. The molecule has 0 bridgehead atoms. The van der Waals surface area contributed by atoms with Gasteiger partial charge in [0.15, 0.2) is 0 Å². The van der Waals surface area contributed by atoms with Gasteiger partial charge in [0.2, 0.25) is 0 Å². The van der Waals surface area contributed by atoms with Gasteiger partial charge >= 0.3 is 11.9 Å². The van der Waals surface area contributed by atoms with Crippen LogP contribution in [-0.2, 0) is 26.5 Å². The van der Waals surface area contributed by atoms with Crippen molar-refractivity contribution in [3.63, 3.8) is 0 Å². The van der Waals surface area contributed by atoms with Crippen molar-refractivity contribution < 1.29 is 24.2 Å². The van der Waals surface area contributed by atoms with Crippen LogP contribution in [-0.4, -0.2) is 17.0 Å². The van der Waals surface area contributed by atoms with E-state index in [1.807, 2.05) is 77.9 Å². The van der Waals surface area contributed by atoms with E-state index in [0.717, 1.165) is 16.7 Å². The third-order valence-corrected chi connectivity index (χ3v) is 7.99. The smallest absolute Gasteiger partial charge is 0.343 e. The average Bonchev–Trinajstić information content (AvgIpc) is 3.16. The van der Waals surface area contributed by atoms with Crippen LogP contribution in [0.25, 0.3) is 0 Å². The number of hydrogen-bond acceptors (Lipinski definition) is 5. The topological polar surface area (TPSA) is 72.8 Å². The number of ether oxygens (including phenoxy) is 2. The van der Waals surface area contributed by atoms with Crippen molar-refractivity contribution in [3.8, 4) is 17.2 Å². The molecule has 5 nitrogen and oxygen atoms in total. The summed E-state index contributed by atoms with van der Waals surface area (Å²) in [5.74, 6) is -0.625. The summed E-state index contributed by atoms with van der Waals surface area (Å²) < 4.78 is 11.9. The monoisotopic (exact) mass is 570 g/mol. The highest BCUT2D eigenvalue weighted by atomic mass is 16.5. The molecule has 1 aliphatic rings. The molecule has 0 amide bonds. The molecule has 1 heterocycles. The summed E-state index contributed by atoms with van der Waals surface area (Å²) in [5, 5.41) is 11.2. The van der Waals surface area contributed by atoms with Gasteiger partial charge in [-0.3, -0.25) is 4.79 Å². The number of esters is 2. The zero-order chi connectivity index (χ0) is 31.6. The van der Waals surface area contributed by atoms with E-state index in [1.165, 1.54) is 0 Å².